The molecular weight excluding hydrogens is 254 g/mol. The Morgan fingerprint density at radius 1 is 1.10 bits per heavy atom. The van der Waals surface area contributed by atoms with Crippen molar-refractivity contribution in [2.45, 2.75) is 52.9 Å². The number of anilines is 2. The van der Waals surface area contributed by atoms with Gasteiger partial charge in [-0.05, 0) is 19.3 Å². The third-order valence-corrected chi connectivity index (χ3v) is 2.90. The monoisotopic (exact) mass is 281 g/mol. The van der Waals surface area contributed by atoms with E-state index in [0.29, 0.717) is 12.6 Å². The van der Waals surface area contributed by atoms with Crippen LogP contribution in [-0.2, 0) is 0 Å². The third kappa shape index (κ3) is 7.11. The summed E-state index contributed by atoms with van der Waals surface area (Å²) in [4.78, 5) is 12.1. The molecule has 0 saturated heterocycles. The Labute approximate surface area is 121 Å². The molecule has 0 aliphatic heterocycles. The molecule has 3 N–H and O–H groups in total. The van der Waals surface area contributed by atoms with Crippen molar-refractivity contribution in [3.8, 4) is 6.01 Å². The van der Waals surface area contributed by atoms with Crippen molar-refractivity contribution in [1.29, 1.82) is 0 Å². The number of nitrogens with one attached hydrogen (secondary N) is 1. The molecule has 0 spiro atoms. The smallest absolute Gasteiger partial charge is 0.323 e. The highest BCUT2D eigenvalue weighted by Crippen LogP contribution is 2.11. The minimum Gasteiger partial charge on any atom is -0.464 e. The SMILES string of the molecule is CCOc1nc(N)nc(NCCCCCCC(C)C)n1. The van der Waals surface area contributed by atoms with Crippen LogP contribution in [0.3, 0.4) is 0 Å². The lowest BCUT2D eigenvalue weighted by atomic mass is 10.0. The summed E-state index contributed by atoms with van der Waals surface area (Å²) >= 11 is 0. The second-order valence-corrected chi connectivity index (χ2v) is 5.26. The number of nitrogens with zero attached hydrogens (tertiary/aromatic N) is 3. The van der Waals surface area contributed by atoms with Gasteiger partial charge >= 0.3 is 6.01 Å². The van der Waals surface area contributed by atoms with Gasteiger partial charge in [0, 0.05) is 6.54 Å². The molecule has 6 nitrogen and oxygen atoms in total. The molecule has 114 valence electrons. The molecular formula is C14H27N5O. The molecule has 0 amide bonds. The summed E-state index contributed by atoms with van der Waals surface area (Å²) < 4.78 is 5.23. The highest BCUT2D eigenvalue weighted by Gasteiger charge is 2.04. The van der Waals surface area contributed by atoms with Gasteiger partial charge in [0.1, 0.15) is 0 Å². The number of ether oxygens (including phenoxy) is 1. The summed E-state index contributed by atoms with van der Waals surface area (Å²) in [6.07, 6.45) is 6.23. The van der Waals surface area contributed by atoms with E-state index in [1.54, 1.807) is 0 Å². The predicted octanol–water partition coefficient (Wildman–Crippen LogP) is 2.87. The maximum atomic E-state index is 5.61. The molecule has 0 aromatic carbocycles. The zero-order valence-corrected chi connectivity index (χ0v) is 12.9. The molecule has 0 atom stereocenters. The van der Waals surface area contributed by atoms with Crippen LogP contribution in [0.1, 0.15) is 52.9 Å². The molecule has 6 heteroatoms. The van der Waals surface area contributed by atoms with Gasteiger partial charge in [-0.25, -0.2) is 0 Å². The highest BCUT2D eigenvalue weighted by atomic mass is 16.5. The molecule has 0 aliphatic carbocycles. The van der Waals surface area contributed by atoms with Gasteiger partial charge in [-0.3, -0.25) is 0 Å². The van der Waals surface area contributed by atoms with E-state index < -0.39 is 0 Å². The number of unbranched alkanes of at least 4 members (excludes halogenated alkanes) is 3. The molecule has 1 rings (SSSR count). The maximum absolute atomic E-state index is 5.61. The first kappa shape index (κ1) is 16.5. The molecule has 1 aromatic rings. The number of hydrogen-bond acceptors (Lipinski definition) is 6. The van der Waals surface area contributed by atoms with Gasteiger partial charge in [0.25, 0.3) is 0 Å². The van der Waals surface area contributed by atoms with E-state index in [-0.39, 0.29) is 12.0 Å². The molecule has 0 fully saturated rings. The first-order chi connectivity index (χ1) is 9.61. The molecule has 0 bridgehead atoms. The van der Waals surface area contributed by atoms with E-state index in [2.05, 4.69) is 34.1 Å². The Morgan fingerprint density at radius 2 is 1.85 bits per heavy atom. The molecule has 1 heterocycles. The van der Waals surface area contributed by atoms with Crippen molar-refractivity contribution < 1.29 is 4.74 Å². The summed E-state index contributed by atoms with van der Waals surface area (Å²) in [5.74, 6) is 1.48. The van der Waals surface area contributed by atoms with Crippen LogP contribution >= 0.6 is 0 Å². The topological polar surface area (TPSA) is 86.0 Å². The van der Waals surface area contributed by atoms with Crippen LogP contribution in [0.4, 0.5) is 11.9 Å². The lowest BCUT2D eigenvalue weighted by Crippen LogP contribution is -2.10. The van der Waals surface area contributed by atoms with Crippen molar-refractivity contribution in [1.82, 2.24) is 15.0 Å². The van der Waals surface area contributed by atoms with Crippen LogP contribution in [0, 0.1) is 5.92 Å². The zero-order valence-electron chi connectivity index (χ0n) is 12.9. The van der Waals surface area contributed by atoms with Gasteiger partial charge in [0.05, 0.1) is 6.61 Å². The van der Waals surface area contributed by atoms with Crippen LogP contribution in [0.15, 0.2) is 0 Å². The van der Waals surface area contributed by atoms with Gasteiger partial charge in [-0.2, -0.15) is 15.0 Å². The summed E-state index contributed by atoms with van der Waals surface area (Å²) in [7, 11) is 0. The fraction of sp³-hybridized carbons (Fsp3) is 0.786. The summed E-state index contributed by atoms with van der Waals surface area (Å²) in [5.41, 5.74) is 5.61. The highest BCUT2D eigenvalue weighted by molar-refractivity contribution is 5.32. The second kappa shape index (κ2) is 9.34. The number of nitrogen functional groups attached to an aromatic ring is 1. The first-order valence-corrected chi connectivity index (χ1v) is 7.50. The Bertz CT molecular complexity index is 384. The number of nitrogens with two attached hydrogens (primary N) is 1. The molecule has 0 saturated carbocycles. The van der Waals surface area contributed by atoms with Crippen molar-refractivity contribution >= 4 is 11.9 Å². The van der Waals surface area contributed by atoms with Crippen molar-refractivity contribution in [3.05, 3.63) is 0 Å². The standard InChI is InChI=1S/C14H27N5O/c1-4-20-14-18-12(15)17-13(19-14)16-10-8-6-5-7-9-11(2)3/h11H,4-10H2,1-3H3,(H3,15,16,17,18,19). The quantitative estimate of drug-likeness (QED) is 0.641. The molecule has 20 heavy (non-hydrogen) atoms. The first-order valence-electron chi connectivity index (χ1n) is 7.50. The normalized spacial score (nSPS) is 10.8. The zero-order chi connectivity index (χ0) is 14.8. The lowest BCUT2D eigenvalue weighted by Gasteiger charge is -2.07. The van der Waals surface area contributed by atoms with Gasteiger partial charge in [-0.1, -0.05) is 39.5 Å². The van der Waals surface area contributed by atoms with Crippen molar-refractivity contribution in [3.63, 3.8) is 0 Å². The average Bonchev–Trinajstić information content (AvgIpc) is 2.37. The molecule has 0 unspecified atom stereocenters. The average molecular weight is 281 g/mol. The van der Waals surface area contributed by atoms with Crippen LogP contribution in [0.5, 0.6) is 6.01 Å². The Balaban J connectivity index is 2.21. The van der Waals surface area contributed by atoms with Crippen LogP contribution < -0.4 is 15.8 Å². The lowest BCUT2D eigenvalue weighted by molar-refractivity contribution is 0.312. The molecule has 0 aliphatic rings. The minimum absolute atomic E-state index is 0.183. The van der Waals surface area contributed by atoms with E-state index in [4.69, 9.17) is 10.5 Å². The summed E-state index contributed by atoms with van der Waals surface area (Å²) in [6, 6.07) is 0.277. The minimum atomic E-state index is 0.183. The molecule has 0 radical (unpaired) electrons. The van der Waals surface area contributed by atoms with Crippen molar-refractivity contribution in [2.75, 3.05) is 24.2 Å². The fourth-order valence-electron chi connectivity index (χ4n) is 1.88. The van der Waals surface area contributed by atoms with E-state index in [1.807, 2.05) is 6.92 Å². The van der Waals surface area contributed by atoms with Crippen LogP contribution in [-0.4, -0.2) is 28.1 Å². The van der Waals surface area contributed by atoms with E-state index in [0.717, 1.165) is 18.9 Å². The summed E-state index contributed by atoms with van der Waals surface area (Å²) in [6.45, 7) is 7.77. The van der Waals surface area contributed by atoms with Crippen LogP contribution in [0.2, 0.25) is 0 Å². The second-order valence-electron chi connectivity index (χ2n) is 5.26. The Kier molecular flexibility index (Phi) is 7.69. The molecule has 1 aromatic heterocycles. The van der Waals surface area contributed by atoms with E-state index in [1.165, 1.54) is 25.7 Å². The fourth-order valence-corrected chi connectivity index (χ4v) is 1.88. The van der Waals surface area contributed by atoms with Gasteiger partial charge in [0.15, 0.2) is 0 Å². The predicted molar refractivity (Wildman–Crippen MR) is 81.8 cm³/mol. The van der Waals surface area contributed by atoms with Crippen LogP contribution in [0.25, 0.3) is 0 Å². The third-order valence-electron chi connectivity index (χ3n) is 2.90. The van der Waals surface area contributed by atoms with E-state index in [9.17, 15) is 0 Å². The van der Waals surface area contributed by atoms with Gasteiger partial charge < -0.3 is 15.8 Å². The van der Waals surface area contributed by atoms with Gasteiger partial charge in [0.2, 0.25) is 11.9 Å². The van der Waals surface area contributed by atoms with Gasteiger partial charge in [-0.15, -0.1) is 0 Å². The maximum Gasteiger partial charge on any atom is 0.323 e. The number of rotatable bonds is 10. The Hall–Kier alpha value is -1.59. The summed E-state index contributed by atoms with van der Waals surface area (Å²) in [5, 5.41) is 3.16. The van der Waals surface area contributed by atoms with E-state index >= 15 is 0 Å². The number of hydrogen-bond donors (Lipinski definition) is 2. The van der Waals surface area contributed by atoms with Crippen molar-refractivity contribution in [2.24, 2.45) is 5.92 Å². The number of aromatic nitrogens is 3. The largest absolute Gasteiger partial charge is 0.464 e. The Morgan fingerprint density at radius 3 is 2.55 bits per heavy atom.